The van der Waals surface area contributed by atoms with Crippen molar-refractivity contribution in [3.63, 3.8) is 0 Å². The summed E-state index contributed by atoms with van der Waals surface area (Å²) in [6, 6.07) is 18.4. The molecule has 9 heteroatoms. The number of nitrogens with one attached hydrogen (secondary N) is 1. The van der Waals surface area contributed by atoms with Crippen molar-refractivity contribution in [2.75, 3.05) is 10.2 Å². The highest BCUT2D eigenvalue weighted by Gasteiger charge is 2.40. The van der Waals surface area contributed by atoms with Gasteiger partial charge in [0.1, 0.15) is 10.6 Å². The number of hydrogen-bond donors (Lipinski definition) is 1. The van der Waals surface area contributed by atoms with Gasteiger partial charge < -0.3 is 5.32 Å². The summed E-state index contributed by atoms with van der Waals surface area (Å²) in [7, 11) is 0. The van der Waals surface area contributed by atoms with Gasteiger partial charge in [-0.25, -0.2) is 4.90 Å². The number of halogens is 4. The van der Waals surface area contributed by atoms with Crippen LogP contribution >= 0.6 is 23.4 Å². The van der Waals surface area contributed by atoms with Gasteiger partial charge in [0.15, 0.2) is 0 Å². The van der Waals surface area contributed by atoms with E-state index in [9.17, 15) is 22.8 Å². The lowest BCUT2D eigenvalue weighted by atomic mass is 10.1. The van der Waals surface area contributed by atoms with Crippen LogP contribution in [0.5, 0.6) is 0 Å². The Morgan fingerprint density at radius 1 is 0.944 bits per heavy atom. The highest BCUT2D eigenvalue weighted by molar-refractivity contribution is 8.04. The van der Waals surface area contributed by atoms with E-state index in [4.69, 9.17) is 11.6 Å². The van der Waals surface area contributed by atoms with E-state index in [1.54, 1.807) is 36.4 Å². The summed E-state index contributed by atoms with van der Waals surface area (Å²) in [6.45, 7) is 2.10. The molecule has 0 fully saturated rings. The Morgan fingerprint density at radius 3 is 2.28 bits per heavy atom. The Hall–Kier alpha value is -3.23. The number of unbranched alkanes of at least 4 members (excludes halogenated alkanes) is 1. The van der Waals surface area contributed by atoms with Crippen molar-refractivity contribution in [3.05, 3.63) is 99.5 Å². The lowest BCUT2D eigenvalue weighted by molar-refractivity contribution is -0.137. The van der Waals surface area contributed by atoms with Crippen LogP contribution in [0.2, 0.25) is 5.02 Å². The number of anilines is 2. The molecule has 0 spiro atoms. The molecule has 1 aliphatic heterocycles. The number of carbonyl (C=O) groups is 2. The first-order valence-electron chi connectivity index (χ1n) is 11.3. The second kappa shape index (κ2) is 10.8. The summed E-state index contributed by atoms with van der Waals surface area (Å²) in [5.74, 6) is -1.20. The van der Waals surface area contributed by atoms with Gasteiger partial charge in [-0.05, 0) is 73.0 Å². The molecule has 0 unspecified atom stereocenters. The van der Waals surface area contributed by atoms with Crippen molar-refractivity contribution in [1.29, 1.82) is 0 Å². The van der Waals surface area contributed by atoms with E-state index in [0.29, 0.717) is 15.6 Å². The second-order valence-electron chi connectivity index (χ2n) is 8.18. The van der Waals surface area contributed by atoms with Crippen LogP contribution in [0, 0.1) is 0 Å². The third kappa shape index (κ3) is 5.77. The monoisotopic (exact) mass is 530 g/mol. The first-order valence-corrected chi connectivity index (χ1v) is 12.5. The first-order chi connectivity index (χ1) is 17.2. The third-order valence-electron chi connectivity index (χ3n) is 5.55. The molecule has 0 saturated carbocycles. The maximum atomic E-state index is 13.5. The fourth-order valence-electron chi connectivity index (χ4n) is 3.68. The topological polar surface area (TPSA) is 49.4 Å². The lowest BCUT2D eigenvalue weighted by Gasteiger charge is -2.16. The van der Waals surface area contributed by atoms with Crippen molar-refractivity contribution in [2.45, 2.75) is 37.3 Å². The largest absolute Gasteiger partial charge is 0.416 e. The van der Waals surface area contributed by atoms with E-state index in [1.165, 1.54) is 12.1 Å². The molecule has 2 amide bonds. The molecule has 3 aromatic rings. The quantitative estimate of drug-likeness (QED) is 0.303. The van der Waals surface area contributed by atoms with Crippen LogP contribution < -0.4 is 10.2 Å². The summed E-state index contributed by atoms with van der Waals surface area (Å²) >= 11 is 7.01. The molecule has 3 aromatic carbocycles. The molecule has 0 saturated heterocycles. The lowest BCUT2D eigenvalue weighted by Crippen LogP contribution is -2.32. The molecule has 1 aliphatic rings. The summed E-state index contributed by atoms with van der Waals surface area (Å²) in [6.07, 6.45) is -1.59. The van der Waals surface area contributed by atoms with Crippen LogP contribution in [0.25, 0.3) is 0 Å². The normalized spacial score (nSPS) is 14.1. The zero-order chi connectivity index (χ0) is 25.9. The number of aryl methyl sites for hydroxylation is 1. The molecule has 4 nitrogen and oxygen atoms in total. The minimum atomic E-state index is -4.55. The van der Waals surface area contributed by atoms with E-state index in [0.717, 1.165) is 53.6 Å². The van der Waals surface area contributed by atoms with Crippen LogP contribution in [0.1, 0.15) is 30.9 Å². The third-order valence-corrected chi connectivity index (χ3v) is 6.89. The number of carbonyl (C=O) groups excluding carboxylic acids is 2. The maximum Gasteiger partial charge on any atom is 0.416 e. The molecule has 0 atom stereocenters. The second-order valence-corrected chi connectivity index (χ2v) is 9.70. The van der Waals surface area contributed by atoms with E-state index in [2.05, 4.69) is 12.2 Å². The van der Waals surface area contributed by atoms with Gasteiger partial charge in [0.05, 0.1) is 11.3 Å². The van der Waals surface area contributed by atoms with Gasteiger partial charge in [0.25, 0.3) is 11.8 Å². The molecular weight excluding hydrogens is 509 g/mol. The number of benzene rings is 3. The predicted octanol–water partition coefficient (Wildman–Crippen LogP) is 7.69. The van der Waals surface area contributed by atoms with Crippen molar-refractivity contribution in [1.82, 2.24) is 0 Å². The summed E-state index contributed by atoms with van der Waals surface area (Å²) in [4.78, 5) is 28.7. The number of rotatable bonds is 8. The Kier molecular flexibility index (Phi) is 7.76. The number of nitrogens with zero attached hydrogens (tertiary/aromatic N) is 1. The van der Waals surface area contributed by atoms with Crippen molar-refractivity contribution < 1.29 is 22.8 Å². The highest BCUT2D eigenvalue weighted by Crippen LogP contribution is 2.39. The average Bonchev–Trinajstić information content (AvgIpc) is 3.08. The molecule has 1 N–H and O–H groups in total. The maximum absolute atomic E-state index is 13.5. The van der Waals surface area contributed by atoms with Gasteiger partial charge in [-0.15, -0.1) is 0 Å². The zero-order valence-corrected chi connectivity index (χ0v) is 20.8. The highest BCUT2D eigenvalue weighted by atomic mass is 35.5. The standard InChI is InChI=1S/C27H22ClF3N2O2S/c1-2-3-5-17-8-12-21(13-9-17)33-25(34)23(32-20-7-4-6-18(16-20)27(29,30)31)24(26(33)35)36-22-14-10-19(28)11-15-22/h4,6-16,32H,2-3,5H2,1H3. The molecule has 0 aliphatic carbocycles. The number of amides is 2. The fourth-order valence-corrected chi connectivity index (χ4v) is 4.73. The Labute approximate surface area is 216 Å². The van der Waals surface area contributed by atoms with Crippen molar-refractivity contribution in [3.8, 4) is 0 Å². The zero-order valence-electron chi connectivity index (χ0n) is 19.2. The van der Waals surface area contributed by atoms with E-state index in [-0.39, 0.29) is 16.3 Å². The van der Waals surface area contributed by atoms with Crippen LogP contribution in [0.15, 0.2) is 88.3 Å². The number of hydrogen-bond acceptors (Lipinski definition) is 4. The summed E-state index contributed by atoms with van der Waals surface area (Å²) < 4.78 is 39.7. The van der Waals surface area contributed by atoms with Gasteiger partial charge in [0.2, 0.25) is 0 Å². The Bertz CT molecular complexity index is 1310. The molecule has 1 heterocycles. The summed E-state index contributed by atoms with van der Waals surface area (Å²) in [5.41, 5.74) is 0.573. The van der Waals surface area contributed by atoms with Crippen LogP contribution in [0.3, 0.4) is 0 Å². The number of thioether (sulfide) groups is 1. The molecule has 0 radical (unpaired) electrons. The van der Waals surface area contributed by atoms with Gasteiger partial charge in [0, 0.05) is 15.6 Å². The minimum Gasteiger partial charge on any atom is -0.350 e. The van der Waals surface area contributed by atoms with Gasteiger partial charge in [-0.1, -0.05) is 54.9 Å². The van der Waals surface area contributed by atoms with Gasteiger partial charge in [-0.2, -0.15) is 13.2 Å². The molecule has 36 heavy (non-hydrogen) atoms. The van der Waals surface area contributed by atoms with Crippen molar-refractivity contribution >= 4 is 46.6 Å². The van der Waals surface area contributed by atoms with E-state index in [1.807, 2.05) is 12.1 Å². The molecule has 4 rings (SSSR count). The minimum absolute atomic E-state index is 0.0481. The molecular formula is C27H22ClF3N2O2S. The SMILES string of the molecule is CCCCc1ccc(N2C(=O)C(Nc3cccc(C(F)(F)F)c3)=C(Sc3ccc(Cl)cc3)C2=O)cc1. The number of imide groups is 1. The van der Waals surface area contributed by atoms with Crippen LogP contribution in [-0.2, 0) is 22.2 Å². The van der Waals surface area contributed by atoms with Crippen LogP contribution in [0.4, 0.5) is 24.5 Å². The first kappa shape index (κ1) is 25.9. The van der Waals surface area contributed by atoms with Crippen molar-refractivity contribution in [2.24, 2.45) is 0 Å². The van der Waals surface area contributed by atoms with Gasteiger partial charge in [-0.3, -0.25) is 9.59 Å². The average molecular weight is 531 g/mol. The molecule has 0 aromatic heterocycles. The Balaban J connectivity index is 1.69. The van der Waals surface area contributed by atoms with Gasteiger partial charge >= 0.3 is 6.18 Å². The molecule has 0 bridgehead atoms. The predicted molar refractivity (Wildman–Crippen MR) is 137 cm³/mol. The fraction of sp³-hybridized carbons (Fsp3) is 0.185. The Morgan fingerprint density at radius 2 is 1.64 bits per heavy atom. The van der Waals surface area contributed by atoms with Crippen LogP contribution in [-0.4, -0.2) is 11.8 Å². The van der Waals surface area contributed by atoms with E-state index < -0.39 is 23.6 Å². The van der Waals surface area contributed by atoms with E-state index >= 15 is 0 Å². The smallest absolute Gasteiger partial charge is 0.350 e. The molecule has 186 valence electrons. The summed E-state index contributed by atoms with van der Waals surface area (Å²) in [5, 5.41) is 3.28. The number of alkyl halides is 3.